The molecule has 0 aliphatic carbocycles. The summed E-state index contributed by atoms with van der Waals surface area (Å²) in [5.41, 5.74) is 0.931. The summed E-state index contributed by atoms with van der Waals surface area (Å²) in [4.78, 5) is 12.9. The molecule has 0 atom stereocenters. The van der Waals surface area contributed by atoms with Crippen molar-refractivity contribution >= 4 is 29.0 Å². The van der Waals surface area contributed by atoms with Gasteiger partial charge in [-0.3, -0.25) is 4.90 Å². The summed E-state index contributed by atoms with van der Waals surface area (Å²) in [5.74, 6) is 1.20. The van der Waals surface area contributed by atoms with E-state index in [4.69, 9.17) is 23.2 Å². The lowest BCUT2D eigenvalue weighted by atomic mass is 9.99. The Labute approximate surface area is 118 Å². The Morgan fingerprint density at radius 3 is 2.67 bits per heavy atom. The highest BCUT2D eigenvalue weighted by Gasteiger charge is 2.32. The molecule has 2 heterocycles. The number of piperazine rings is 1. The molecular weight excluding hydrogens is 271 g/mol. The van der Waals surface area contributed by atoms with E-state index in [1.807, 2.05) is 0 Å². The Morgan fingerprint density at radius 1 is 1.33 bits per heavy atom. The minimum atomic E-state index is 0.110. The maximum absolute atomic E-state index is 6.08. The fourth-order valence-electron chi connectivity index (χ4n) is 2.19. The number of likely N-dealkylation sites (N-methyl/N-ethyl adjacent to an activating group) is 1. The van der Waals surface area contributed by atoms with Crippen molar-refractivity contribution in [1.29, 1.82) is 0 Å². The Morgan fingerprint density at radius 2 is 2.06 bits per heavy atom. The largest absolute Gasteiger partial charge is 0.353 e. The van der Waals surface area contributed by atoms with Crippen LogP contribution in [0.1, 0.15) is 19.4 Å². The normalized spacial score (nSPS) is 20.2. The van der Waals surface area contributed by atoms with Crippen molar-refractivity contribution in [3.63, 3.8) is 0 Å². The lowest BCUT2D eigenvalue weighted by molar-refractivity contribution is 0.138. The van der Waals surface area contributed by atoms with E-state index in [2.05, 4.69) is 40.7 Å². The van der Waals surface area contributed by atoms with Crippen molar-refractivity contribution in [3.8, 4) is 0 Å². The molecule has 0 amide bonds. The van der Waals surface area contributed by atoms with E-state index in [1.54, 1.807) is 0 Å². The first-order chi connectivity index (χ1) is 8.45. The molecule has 0 unspecified atom stereocenters. The SMILES string of the molecule is CN1CCN(c2ncnc(Cl)c2CCl)CC1(C)C. The first-order valence-corrected chi connectivity index (χ1v) is 6.88. The molecule has 1 saturated heterocycles. The van der Waals surface area contributed by atoms with E-state index in [-0.39, 0.29) is 5.54 Å². The average molecular weight is 289 g/mol. The van der Waals surface area contributed by atoms with Crippen molar-refractivity contribution in [2.45, 2.75) is 25.3 Å². The van der Waals surface area contributed by atoms with Gasteiger partial charge in [0.15, 0.2) is 0 Å². The molecule has 1 aromatic rings. The summed E-state index contributed by atoms with van der Waals surface area (Å²) in [6.07, 6.45) is 1.50. The molecule has 1 fully saturated rings. The van der Waals surface area contributed by atoms with Gasteiger partial charge in [-0.15, -0.1) is 11.6 Å². The highest BCUT2D eigenvalue weighted by atomic mass is 35.5. The van der Waals surface area contributed by atoms with E-state index in [0.717, 1.165) is 31.0 Å². The van der Waals surface area contributed by atoms with Crippen LogP contribution in [0, 0.1) is 0 Å². The second kappa shape index (κ2) is 5.19. The molecular formula is C12H18Cl2N4. The highest BCUT2D eigenvalue weighted by Crippen LogP contribution is 2.29. The summed E-state index contributed by atoms with van der Waals surface area (Å²) in [6, 6.07) is 0. The number of nitrogens with zero attached hydrogens (tertiary/aromatic N) is 4. The lowest BCUT2D eigenvalue weighted by Gasteiger charge is -2.46. The summed E-state index contributed by atoms with van der Waals surface area (Å²) >= 11 is 12.0. The summed E-state index contributed by atoms with van der Waals surface area (Å²) in [5, 5.41) is 0.451. The number of hydrogen-bond donors (Lipinski definition) is 0. The number of alkyl halides is 1. The number of rotatable bonds is 2. The maximum atomic E-state index is 6.08. The minimum Gasteiger partial charge on any atom is -0.353 e. The molecule has 100 valence electrons. The summed E-state index contributed by atoms with van der Waals surface area (Å²) < 4.78 is 0. The summed E-state index contributed by atoms with van der Waals surface area (Å²) in [7, 11) is 2.15. The molecule has 0 saturated carbocycles. The third-order valence-corrected chi connectivity index (χ3v) is 4.21. The van der Waals surface area contributed by atoms with Crippen LogP contribution in [-0.2, 0) is 5.88 Å². The van der Waals surface area contributed by atoms with Gasteiger partial charge in [0.25, 0.3) is 0 Å². The van der Waals surface area contributed by atoms with Gasteiger partial charge in [-0.05, 0) is 20.9 Å². The van der Waals surface area contributed by atoms with Crippen molar-refractivity contribution in [3.05, 3.63) is 17.0 Å². The molecule has 0 spiro atoms. The predicted octanol–water partition coefficient (Wildman–Crippen LogP) is 2.40. The van der Waals surface area contributed by atoms with Crippen LogP contribution in [0.5, 0.6) is 0 Å². The standard InChI is InChI=1S/C12H18Cl2N4/c1-12(2)7-18(5-4-17(12)3)11-9(6-13)10(14)15-8-16-11/h8H,4-7H2,1-3H3. The second-order valence-corrected chi connectivity index (χ2v) is 5.88. The Balaban J connectivity index is 2.30. The van der Waals surface area contributed by atoms with E-state index in [1.165, 1.54) is 6.33 Å². The van der Waals surface area contributed by atoms with Crippen LogP contribution in [-0.4, -0.2) is 47.1 Å². The number of hydrogen-bond acceptors (Lipinski definition) is 4. The highest BCUT2D eigenvalue weighted by molar-refractivity contribution is 6.31. The Kier molecular flexibility index (Phi) is 3.99. The fraction of sp³-hybridized carbons (Fsp3) is 0.667. The van der Waals surface area contributed by atoms with E-state index >= 15 is 0 Å². The zero-order valence-electron chi connectivity index (χ0n) is 11.0. The van der Waals surface area contributed by atoms with Crippen LogP contribution in [0.15, 0.2) is 6.33 Å². The minimum absolute atomic E-state index is 0.110. The molecule has 0 radical (unpaired) electrons. The molecule has 1 aliphatic heterocycles. The van der Waals surface area contributed by atoms with Gasteiger partial charge in [-0.1, -0.05) is 11.6 Å². The van der Waals surface area contributed by atoms with Gasteiger partial charge in [0.05, 0.1) is 5.88 Å². The van der Waals surface area contributed by atoms with Crippen molar-refractivity contribution in [2.75, 3.05) is 31.6 Å². The van der Waals surface area contributed by atoms with Gasteiger partial charge in [-0.25, -0.2) is 9.97 Å². The predicted molar refractivity (Wildman–Crippen MR) is 75.5 cm³/mol. The lowest BCUT2D eigenvalue weighted by Crippen LogP contribution is -2.58. The van der Waals surface area contributed by atoms with Gasteiger partial charge >= 0.3 is 0 Å². The monoisotopic (exact) mass is 288 g/mol. The zero-order valence-corrected chi connectivity index (χ0v) is 12.5. The van der Waals surface area contributed by atoms with E-state index < -0.39 is 0 Å². The maximum Gasteiger partial charge on any atom is 0.138 e. The van der Waals surface area contributed by atoms with Gasteiger partial charge in [0, 0.05) is 30.7 Å². The van der Waals surface area contributed by atoms with Crippen LogP contribution < -0.4 is 4.90 Å². The smallest absolute Gasteiger partial charge is 0.138 e. The quantitative estimate of drug-likeness (QED) is 0.618. The molecule has 1 aliphatic rings. The Hall–Kier alpha value is -0.580. The first kappa shape index (κ1) is 13.8. The molecule has 6 heteroatoms. The third kappa shape index (κ3) is 2.56. The third-order valence-electron chi connectivity index (χ3n) is 3.62. The van der Waals surface area contributed by atoms with Crippen molar-refractivity contribution < 1.29 is 0 Å². The molecule has 0 aromatic carbocycles. The Bertz CT molecular complexity index is 436. The van der Waals surface area contributed by atoms with Gasteiger partial charge < -0.3 is 4.90 Å². The average Bonchev–Trinajstić information content (AvgIpc) is 2.32. The van der Waals surface area contributed by atoms with Crippen molar-refractivity contribution in [2.24, 2.45) is 0 Å². The van der Waals surface area contributed by atoms with Crippen LogP contribution in [0.2, 0.25) is 5.15 Å². The molecule has 0 N–H and O–H groups in total. The van der Waals surface area contributed by atoms with Gasteiger partial charge in [-0.2, -0.15) is 0 Å². The fourth-order valence-corrected chi connectivity index (χ4v) is 2.70. The van der Waals surface area contributed by atoms with E-state index in [9.17, 15) is 0 Å². The van der Waals surface area contributed by atoms with Gasteiger partial charge in [0.1, 0.15) is 17.3 Å². The van der Waals surface area contributed by atoms with Gasteiger partial charge in [0.2, 0.25) is 0 Å². The molecule has 2 rings (SSSR count). The van der Waals surface area contributed by atoms with E-state index in [0.29, 0.717) is 11.0 Å². The molecule has 0 bridgehead atoms. The van der Waals surface area contributed by atoms with Crippen LogP contribution >= 0.6 is 23.2 Å². The number of aromatic nitrogens is 2. The van der Waals surface area contributed by atoms with Crippen LogP contribution in [0.25, 0.3) is 0 Å². The second-order valence-electron chi connectivity index (χ2n) is 5.26. The van der Waals surface area contributed by atoms with Crippen LogP contribution in [0.3, 0.4) is 0 Å². The number of halogens is 2. The molecule has 18 heavy (non-hydrogen) atoms. The van der Waals surface area contributed by atoms with Crippen LogP contribution in [0.4, 0.5) is 5.82 Å². The summed E-state index contributed by atoms with van der Waals surface area (Å²) in [6.45, 7) is 7.28. The number of anilines is 1. The first-order valence-electron chi connectivity index (χ1n) is 5.97. The topological polar surface area (TPSA) is 32.3 Å². The zero-order chi connectivity index (χ0) is 13.3. The molecule has 1 aromatic heterocycles. The van der Waals surface area contributed by atoms with Crippen molar-refractivity contribution in [1.82, 2.24) is 14.9 Å². The molecule has 4 nitrogen and oxygen atoms in total.